The molecule has 1 saturated heterocycles. The third kappa shape index (κ3) is 2.52. The van der Waals surface area contributed by atoms with Gasteiger partial charge in [0.25, 0.3) is 0 Å². The summed E-state index contributed by atoms with van der Waals surface area (Å²) in [7, 11) is 2.21. The van der Waals surface area contributed by atoms with E-state index in [9.17, 15) is 0 Å². The molecular formula is C15H22N2O. The summed E-state index contributed by atoms with van der Waals surface area (Å²) in [6.07, 6.45) is 2.41. The van der Waals surface area contributed by atoms with Crippen LogP contribution in [0.3, 0.4) is 0 Å². The lowest BCUT2D eigenvalue weighted by atomic mass is 9.99. The highest BCUT2D eigenvalue weighted by atomic mass is 16.5. The van der Waals surface area contributed by atoms with Crippen molar-refractivity contribution >= 4 is 0 Å². The monoisotopic (exact) mass is 246 g/mol. The molecule has 2 heterocycles. The van der Waals surface area contributed by atoms with Crippen LogP contribution in [-0.4, -0.2) is 38.2 Å². The normalized spacial score (nSPS) is 27.8. The van der Waals surface area contributed by atoms with Gasteiger partial charge in [-0.1, -0.05) is 18.2 Å². The number of nitrogens with zero attached hydrogens (tertiary/aromatic N) is 1. The van der Waals surface area contributed by atoms with E-state index in [1.807, 2.05) is 6.07 Å². The maximum atomic E-state index is 5.69. The first-order valence-corrected chi connectivity index (χ1v) is 6.96. The van der Waals surface area contributed by atoms with Gasteiger partial charge in [0.15, 0.2) is 0 Å². The number of para-hydroxylation sites is 1. The van der Waals surface area contributed by atoms with Crippen molar-refractivity contribution in [2.45, 2.75) is 18.9 Å². The van der Waals surface area contributed by atoms with Crippen molar-refractivity contribution < 1.29 is 4.74 Å². The number of hydrogen-bond donors (Lipinski definition) is 1. The summed E-state index contributed by atoms with van der Waals surface area (Å²) < 4.78 is 5.69. The molecule has 0 bridgehead atoms. The van der Waals surface area contributed by atoms with E-state index in [4.69, 9.17) is 4.74 Å². The molecule has 18 heavy (non-hydrogen) atoms. The minimum atomic E-state index is 0.473. The summed E-state index contributed by atoms with van der Waals surface area (Å²) >= 11 is 0. The van der Waals surface area contributed by atoms with Gasteiger partial charge in [-0.2, -0.15) is 0 Å². The lowest BCUT2D eigenvalue weighted by Crippen LogP contribution is -2.31. The Morgan fingerprint density at radius 1 is 1.33 bits per heavy atom. The number of fused-ring (bicyclic) bond motifs is 1. The van der Waals surface area contributed by atoms with Crippen LogP contribution in [0, 0.1) is 5.92 Å². The predicted octanol–water partition coefficient (Wildman–Crippen LogP) is 2.05. The van der Waals surface area contributed by atoms with Crippen LogP contribution in [0.15, 0.2) is 24.3 Å². The highest BCUT2D eigenvalue weighted by Gasteiger charge is 2.24. The Hall–Kier alpha value is -1.06. The molecule has 0 amide bonds. The fourth-order valence-corrected chi connectivity index (χ4v) is 3.06. The maximum Gasteiger partial charge on any atom is 0.124 e. The zero-order chi connectivity index (χ0) is 12.4. The molecule has 2 unspecified atom stereocenters. The van der Waals surface area contributed by atoms with Crippen molar-refractivity contribution in [1.29, 1.82) is 0 Å². The summed E-state index contributed by atoms with van der Waals surface area (Å²) in [5.41, 5.74) is 1.33. The van der Waals surface area contributed by atoms with Gasteiger partial charge in [-0.15, -0.1) is 0 Å². The molecule has 3 nitrogen and oxygen atoms in total. The van der Waals surface area contributed by atoms with Gasteiger partial charge in [0.05, 0.1) is 6.61 Å². The van der Waals surface area contributed by atoms with E-state index in [0.717, 1.165) is 31.2 Å². The molecule has 0 aromatic heterocycles. The summed E-state index contributed by atoms with van der Waals surface area (Å²) in [4.78, 5) is 2.42. The summed E-state index contributed by atoms with van der Waals surface area (Å²) in [6.45, 7) is 4.44. The number of ether oxygens (including phenoxy) is 1. The third-order valence-corrected chi connectivity index (χ3v) is 4.10. The second kappa shape index (κ2) is 5.29. The van der Waals surface area contributed by atoms with Crippen molar-refractivity contribution in [3.63, 3.8) is 0 Å². The molecule has 3 heteroatoms. The van der Waals surface area contributed by atoms with Gasteiger partial charge in [-0.3, -0.25) is 0 Å². The van der Waals surface area contributed by atoms with E-state index in [1.165, 1.54) is 25.1 Å². The first-order valence-electron chi connectivity index (χ1n) is 6.96. The minimum absolute atomic E-state index is 0.473. The van der Waals surface area contributed by atoms with Gasteiger partial charge < -0.3 is 15.0 Å². The van der Waals surface area contributed by atoms with E-state index in [1.54, 1.807) is 0 Å². The quantitative estimate of drug-likeness (QED) is 0.883. The predicted molar refractivity (Wildman–Crippen MR) is 72.9 cm³/mol. The van der Waals surface area contributed by atoms with Crippen LogP contribution in [0.4, 0.5) is 0 Å². The Labute approximate surface area is 109 Å². The van der Waals surface area contributed by atoms with Crippen LogP contribution in [-0.2, 0) is 0 Å². The lowest BCUT2D eigenvalue weighted by molar-refractivity contribution is 0.248. The molecular weight excluding hydrogens is 224 g/mol. The molecule has 3 rings (SSSR count). The lowest BCUT2D eigenvalue weighted by Gasteiger charge is -2.27. The van der Waals surface area contributed by atoms with E-state index in [2.05, 4.69) is 35.5 Å². The second-order valence-corrected chi connectivity index (χ2v) is 5.55. The average Bonchev–Trinajstić information content (AvgIpc) is 2.82. The number of nitrogens with one attached hydrogen (secondary N) is 1. The fraction of sp³-hybridized carbons (Fsp3) is 0.600. The molecule has 1 aromatic rings. The van der Waals surface area contributed by atoms with Gasteiger partial charge in [-0.25, -0.2) is 0 Å². The minimum Gasteiger partial charge on any atom is -0.493 e. The summed E-state index contributed by atoms with van der Waals surface area (Å²) in [5, 5.41) is 3.73. The molecule has 1 N–H and O–H groups in total. The Morgan fingerprint density at radius 2 is 2.22 bits per heavy atom. The topological polar surface area (TPSA) is 24.5 Å². The van der Waals surface area contributed by atoms with E-state index in [-0.39, 0.29) is 0 Å². The molecule has 0 spiro atoms. The van der Waals surface area contributed by atoms with Crippen molar-refractivity contribution in [3.05, 3.63) is 29.8 Å². The van der Waals surface area contributed by atoms with Crippen molar-refractivity contribution in [2.24, 2.45) is 5.92 Å². The third-order valence-electron chi connectivity index (χ3n) is 4.10. The van der Waals surface area contributed by atoms with Gasteiger partial charge in [0, 0.05) is 24.6 Å². The van der Waals surface area contributed by atoms with Gasteiger partial charge >= 0.3 is 0 Å². The Kier molecular flexibility index (Phi) is 3.52. The number of likely N-dealkylation sites (tertiary alicyclic amines) is 1. The SMILES string of the molecule is CN1CCC(CNC2CCOc3ccccc32)C1. The second-order valence-electron chi connectivity index (χ2n) is 5.55. The Bertz CT molecular complexity index is 407. The number of rotatable bonds is 3. The average molecular weight is 246 g/mol. The van der Waals surface area contributed by atoms with Crippen LogP contribution in [0.2, 0.25) is 0 Å². The molecule has 2 aliphatic rings. The van der Waals surface area contributed by atoms with E-state index >= 15 is 0 Å². The van der Waals surface area contributed by atoms with Gasteiger partial charge in [0.2, 0.25) is 0 Å². The molecule has 0 radical (unpaired) electrons. The molecule has 2 aliphatic heterocycles. The van der Waals surface area contributed by atoms with Crippen LogP contribution in [0.25, 0.3) is 0 Å². The van der Waals surface area contributed by atoms with Gasteiger partial charge in [0.1, 0.15) is 5.75 Å². The fourth-order valence-electron chi connectivity index (χ4n) is 3.06. The maximum absolute atomic E-state index is 5.69. The highest BCUT2D eigenvalue weighted by Crippen LogP contribution is 2.31. The molecule has 1 fully saturated rings. The van der Waals surface area contributed by atoms with Crippen LogP contribution < -0.4 is 10.1 Å². The van der Waals surface area contributed by atoms with Crippen LogP contribution in [0.1, 0.15) is 24.4 Å². The number of hydrogen-bond acceptors (Lipinski definition) is 3. The Balaban J connectivity index is 1.60. The zero-order valence-corrected chi connectivity index (χ0v) is 11.1. The smallest absolute Gasteiger partial charge is 0.124 e. The largest absolute Gasteiger partial charge is 0.493 e. The Morgan fingerprint density at radius 3 is 3.06 bits per heavy atom. The van der Waals surface area contributed by atoms with Crippen molar-refractivity contribution in [1.82, 2.24) is 10.2 Å². The van der Waals surface area contributed by atoms with Crippen LogP contribution in [0.5, 0.6) is 5.75 Å². The summed E-state index contributed by atoms with van der Waals surface area (Å²) in [6, 6.07) is 8.89. The van der Waals surface area contributed by atoms with E-state index in [0.29, 0.717) is 6.04 Å². The zero-order valence-electron chi connectivity index (χ0n) is 11.1. The first kappa shape index (κ1) is 12.0. The van der Waals surface area contributed by atoms with Crippen molar-refractivity contribution in [3.8, 4) is 5.75 Å². The van der Waals surface area contributed by atoms with Crippen LogP contribution >= 0.6 is 0 Å². The number of benzene rings is 1. The molecule has 1 aromatic carbocycles. The molecule has 0 saturated carbocycles. The first-order chi connectivity index (χ1) is 8.83. The van der Waals surface area contributed by atoms with Crippen molar-refractivity contribution in [2.75, 3.05) is 33.3 Å². The molecule has 2 atom stereocenters. The standard InChI is InChI=1S/C15H22N2O/c1-17-8-6-12(11-17)10-16-14-7-9-18-15-5-3-2-4-13(14)15/h2-5,12,14,16H,6-11H2,1H3. The molecule has 0 aliphatic carbocycles. The van der Waals surface area contributed by atoms with E-state index < -0.39 is 0 Å². The highest BCUT2D eigenvalue weighted by molar-refractivity contribution is 5.37. The summed E-state index contributed by atoms with van der Waals surface area (Å²) in [5.74, 6) is 1.87. The molecule has 98 valence electrons. The van der Waals surface area contributed by atoms with Gasteiger partial charge in [-0.05, 0) is 38.5 Å².